The van der Waals surface area contributed by atoms with Crippen molar-refractivity contribution < 1.29 is 0 Å². The molecule has 0 unspecified atom stereocenters. The van der Waals surface area contributed by atoms with Crippen LogP contribution in [0.4, 0.5) is 0 Å². The van der Waals surface area contributed by atoms with Gasteiger partial charge in [0.25, 0.3) is 5.56 Å². The van der Waals surface area contributed by atoms with Crippen molar-refractivity contribution in [3.05, 3.63) is 33.1 Å². The first kappa shape index (κ1) is 16.3. The molecule has 0 amide bonds. The summed E-state index contributed by atoms with van der Waals surface area (Å²) >= 11 is 0. The lowest BCUT2D eigenvalue weighted by molar-refractivity contribution is 0.579. The predicted octanol–water partition coefficient (Wildman–Crippen LogP) is 2.88. The van der Waals surface area contributed by atoms with Gasteiger partial charge >= 0.3 is 5.69 Å². The van der Waals surface area contributed by atoms with Gasteiger partial charge in [-0.1, -0.05) is 57.8 Å². The van der Waals surface area contributed by atoms with Crippen LogP contribution in [0.25, 0.3) is 0 Å². The minimum Gasteiger partial charge on any atom is -0.313 e. The van der Waals surface area contributed by atoms with Crippen LogP contribution in [-0.4, -0.2) is 9.55 Å². The maximum atomic E-state index is 11.4. The molecule has 0 aliphatic heterocycles. The Morgan fingerprint density at radius 1 is 1.05 bits per heavy atom. The van der Waals surface area contributed by atoms with Crippen LogP contribution in [0.2, 0.25) is 0 Å². The van der Waals surface area contributed by atoms with Crippen molar-refractivity contribution in [3.8, 4) is 12.0 Å². The van der Waals surface area contributed by atoms with Gasteiger partial charge in [-0.05, 0) is 6.42 Å². The lowest BCUT2D eigenvalue weighted by Crippen LogP contribution is -2.31. The quantitative estimate of drug-likeness (QED) is 0.586. The summed E-state index contributed by atoms with van der Waals surface area (Å²) < 4.78 is 0.921. The van der Waals surface area contributed by atoms with Gasteiger partial charge in [-0.2, -0.15) is 4.57 Å². The van der Waals surface area contributed by atoms with Gasteiger partial charge in [0, 0.05) is 24.7 Å². The summed E-state index contributed by atoms with van der Waals surface area (Å²) in [5.74, 6) is 2.89. The Bertz CT molecular complexity index is 518. The van der Waals surface area contributed by atoms with E-state index in [2.05, 4.69) is 23.9 Å². The van der Waals surface area contributed by atoms with Gasteiger partial charge in [-0.25, -0.2) is 4.79 Å². The molecular weight excluding hydrogens is 252 g/mol. The summed E-state index contributed by atoms with van der Waals surface area (Å²) in [5.41, 5.74) is -0.849. The number of unbranched alkanes of at least 4 members (excludes halogenated alkanes) is 8. The summed E-state index contributed by atoms with van der Waals surface area (Å²) in [6, 6.07) is 3.91. The van der Waals surface area contributed by atoms with Crippen LogP contribution in [-0.2, 0) is 0 Å². The van der Waals surface area contributed by atoms with Gasteiger partial charge < -0.3 is 4.98 Å². The number of hydrogen-bond donors (Lipinski definition) is 1. The second-order valence-electron chi connectivity index (χ2n) is 4.97. The summed E-state index contributed by atoms with van der Waals surface area (Å²) in [6.45, 7) is 2.22. The number of nitrogens with one attached hydrogen (secondary N) is 1. The summed E-state index contributed by atoms with van der Waals surface area (Å²) in [7, 11) is 0. The largest absolute Gasteiger partial charge is 0.340 e. The molecule has 0 fully saturated rings. The van der Waals surface area contributed by atoms with Crippen molar-refractivity contribution in [2.45, 2.75) is 64.7 Å². The molecule has 0 atom stereocenters. The molecule has 1 N–H and O–H groups in total. The lowest BCUT2D eigenvalue weighted by Gasteiger charge is -1.99. The normalized spacial score (nSPS) is 10.1. The Hall–Kier alpha value is -1.76. The first-order chi connectivity index (χ1) is 9.75. The average molecular weight is 276 g/mol. The number of hydrogen-bond acceptors (Lipinski definition) is 2. The molecule has 0 radical (unpaired) electrons. The van der Waals surface area contributed by atoms with Crippen molar-refractivity contribution in [2.75, 3.05) is 0 Å². The smallest absolute Gasteiger partial charge is 0.313 e. The van der Waals surface area contributed by atoms with Gasteiger partial charge in [-0.15, -0.1) is 0 Å². The van der Waals surface area contributed by atoms with Crippen molar-refractivity contribution in [3.63, 3.8) is 0 Å². The molecule has 1 heterocycles. The standard InChI is InChI=1S/C16H24N2O2/c1-2-3-4-5-6-7-8-9-10-11-14-18-15(19)12-13-17-16(18)20/h12-13H,2-10H2,1H3,(H,17,20). The molecule has 110 valence electrons. The first-order valence-electron chi connectivity index (χ1n) is 7.55. The summed E-state index contributed by atoms with van der Waals surface area (Å²) in [4.78, 5) is 25.1. The van der Waals surface area contributed by atoms with Crippen molar-refractivity contribution in [1.82, 2.24) is 9.55 Å². The van der Waals surface area contributed by atoms with E-state index in [9.17, 15) is 9.59 Å². The zero-order chi connectivity index (χ0) is 14.6. The highest BCUT2D eigenvalue weighted by Crippen LogP contribution is 2.08. The summed E-state index contributed by atoms with van der Waals surface area (Å²) in [6.07, 6.45) is 12.1. The number of nitrogens with zero attached hydrogens (tertiary/aromatic N) is 1. The van der Waals surface area contributed by atoms with E-state index < -0.39 is 5.69 Å². The fourth-order valence-corrected chi connectivity index (χ4v) is 2.01. The molecule has 0 aromatic carbocycles. The zero-order valence-electron chi connectivity index (χ0n) is 12.3. The van der Waals surface area contributed by atoms with Crippen molar-refractivity contribution in [2.24, 2.45) is 0 Å². The molecule has 0 bridgehead atoms. The Morgan fingerprint density at radius 2 is 1.70 bits per heavy atom. The molecule has 0 aliphatic rings. The third-order valence-electron chi connectivity index (χ3n) is 3.20. The van der Waals surface area contributed by atoms with Gasteiger partial charge in [0.2, 0.25) is 0 Å². The highest BCUT2D eigenvalue weighted by molar-refractivity contribution is 5.03. The van der Waals surface area contributed by atoms with E-state index in [-0.39, 0.29) is 5.56 Å². The molecule has 4 heteroatoms. The molecule has 20 heavy (non-hydrogen) atoms. The molecule has 1 aromatic heterocycles. The number of rotatable bonds is 8. The van der Waals surface area contributed by atoms with Gasteiger partial charge in [-0.3, -0.25) is 4.79 Å². The Kier molecular flexibility index (Phi) is 8.21. The highest BCUT2D eigenvalue weighted by atomic mass is 16.2. The van der Waals surface area contributed by atoms with E-state index in [1.807, 2.05) is 0 Å². The summed E-state index contributed by atoms with van der Waals surface area (Å²) in [5, 5.41) is 0. The van der Waals surface area contributed by atoms with E-state index in [1.54, 1.807) is 0 Å². The number of H-pyrrole nitrogens is 1. The van der Waals surface area contributed by atoms with Gasteiger partial charge in [0.15, 0.2) is 0 Å². The molecule has 4 nitrogen and oxygen atoms in total. The van der Waals surface area contributed by atoms with E-state index >= 15 is 0 Å². The molecule has 0 aliphatic carbocycles. The van der Waals surface area contributed by atoms with Crippen molar-refractivity contribution >= 4 is 0 Å². The fourth-order valence-electron chi connectivity index (χ4n) is 2.01. The van der Waals surface area contributed by atoms with E-state index in [0.29, 0.717) is 0 Å². The number of aromatic amines is 1. The second kappa shape index (κ2) is 10.1. The van der Waals surface area contributed by atoms with Crippen LogP contribution in [0.15, 0.2) is 21.9 Å². The maximum Gasteiger partial charge on any atom is 0.340 e. The van der Waals surface area contributed by atoms with Crippen LogP contribution < -0.4 is 11.2 Å². The SMILES string of the molecule is CCCCCCCCCCC#Cn1c(=O)cc[nH]c1=O. The molecule has 1 aromatic rings. The van der Waals surface area contributed by atoms with E-state index in [0.717, 1.165) is 17.4 Å². The zero-order valence-corrected chi connectivity index (χ0v) is 12.3. The lowest BCUT2D eigenvalue weighted by atomic mass is 10.1. The van der Waals surface area contributed by atoms with Crippen molar-refractivity contribution in [1.29, 1.82) is 0 Å². The molecule has 1 rings (SSSR count). The highest BCUT2D eigenvalue weighted by Gasteiger charge is 1.94. The van der Waals surface area contributed by atoms with Crippen LogP contribution in [0, 0.1) is 12.0 Å². The molecule has 0 spiro atoms. The van der Waals surface area contributed by atoms with Crippen LogP contribution in [0.3, 0.4) is 0 Å². The Morgan fingerprint density at radius 3 is 2.35 bits per heavy atom. The third kappa shape index (κ3) is 6.42. The maximum absolute atomic E-state index is 11.4. The second-order valence-corrected chi connectivity index (χ2v) is 4.97. The predicted molar refractivity (Wildman–Crippen MR) is 81.7 cm³/mol. The van der Waals surface area contributed by atoms with Crippen LogP contribution >= 0.6 is 0 Å². The minimum absolute atomic E-state index is 0.378. The topological polar surface area (TPSA) is 54.9 Å². The van der Waals surface area contributed by atoms with Crippen LogP contribution in [0.5, 0.6) is 0 Å². The van der Waals surface area contributed by atoms with Gasteiger partial charge in [0.1, 0.15) is 0 Å². The average Bonchev–Trinajstić information content (AvgIpc) is 2.43. The first-order valence-corrected chi connectivity index (χ1v) is 7.55. The Balaban J connectivity index is 2.18. The van der Waals surface area contributed by atoms with E-state index in [1.165, 1.54) is 57.2 Å². The van der Waals surface area contributed by atoms with E-state index in [4.69, 9.17) is 0 Å². The molecular formula is C16H24N2O2. The van der Waals surface area contributed by atoms with Gasteiger partial charge in [0.05, 0.1) is 0 Å². The van der Waals surface area contributed by atoms with Crippen LogP contribution in [0.1, 0.15) is 64.7 Å². The fraction of sp³-hybridized carbons (Fsp3) is 0.625. The molecule has 0 saturated carbocycles. The Labute approximate surface area is 120 Å². The third-order valence-corrected chi connectivity index (χ3v) is 3.20. The number of aromatic nitrogens is 2. The minimum atomic E-state index is -0.471. The molecule has 0 saturated heterocycles. The monoisotopic (exact) mass is 276 g/mol.